The first-order valence-corrected chi connectivity index (χ1v) is 5.78. The molecule has 1 aromatic heterocycles. The lowest BCUT2D eigenvalue weighted by molar-refractivity contribution is -0.120. The molecule has 86 valence electrons. The normalized spacial score (nSPS) is 17.5. The van der Waals surface area contributed by atoms with Crippen molar-refractivity contribution in [1.82, 2.24) is 10.2 Å². The van der Waals surface area contributed by atoms with Gasteiger partial charge < -0.3 is 4.90 Å². The maximum atomic E-state index is 11.1. The van der Waals surface area contributed by atoms with E-state index >= 15 is 0 Å². The van der Waals surface area contributed by atoms with Gasteiger partial charge in [0.1, 0.15) is 5.78 Å². The Bertz CT molecular complexity index is 369. The van der Waals surface area contributed by atoms with Crippen LogP contribution in [0.3, 0.4) is 0 Å². The van der Waals surface area contributed by atoms with Crippen molar-refractivity contribution in [3.8, 4) is 0 Å². The first-order chi connectivity index (χ1) is 7.66. The summed E-state index contributed by atoms with van der Waals surface area (Å²) < 4.78 is 0. The molecule has 1 aliphatic rings. The summed E-state index contributed by atoms with van der Waals surface area (Å²) in [4.78, 5) is 13.2. The van der Waals surface area contributed by atoms with Gasteiger partial charge in [0, 0.05) is 25.9 Å². The smallest absolute Gasteiger partial charge is 0.151 e. The number of rotatable bonds is 2. The van der Waals surface area contributed by atoms with Crippen molar-refractivity contribution in [2.75, 3.05) is 11.9 Å². The molecule has 0 unspecified atom stereocenters. The molecular formula is C11H14ClN3O. The minimum Gasteiger partial charge on any atom is -0.355 e. The summed E-state index contributed by atoms with van der Waals surface area (Å²) in [7, 11) is 1.98. The third-order valence-corrected chi connectivity index (χ3v) is 3.24. The van der Waals surface area contributed by atoms with Crippen LogP contribution in [0.1, 0.15) is 25.7 Å². The second-order valence-electron chi connectivity index (χ2n) is 4.10. The number of Topliss-reactive ketones (excluding diaryl/α,β-unsaturated/α-hetero) is 1. The summed E-state index contributed by atoms with van der Waals surface area (Å²) in [6.07, 6.45) is 3.16. The molecule has 0 atom stereocenters. The van der Waals surface area contributed by atoms with E-state index in [1.165, 1.54) is 0 Å². The van der Waals surface area contributed by atoms with E-state index in [1.807, 2.05) is 13.1 Å². The zero-order valence-electron chi connectivity index (χ0n) is 9.19. The van der Waals surface area contributed by atoms with Crippen molar-refractivity contribution >= 4 is 23.2 Å². The molecule has 0 bridgehead atoms. The van der Waals surface area contributed by atoms with Crippen LogP contribution in [0.5, 0.6) is 0 Å². The second-order valence-corrected chi connectivity index (χ2v) is 4.48. The zero-order chi connectivity index (χ0) is 11.5. The standard InChI is InChI=1S/C11H14ClN3O/c1-15(8-2-4-9(16)5-3-8)11-7-6-10(12)13-14-11/h6-8H,2-5H2,1H3. The van der Waals surface area contributed by atoms with Crippen molar-refractivity contribution in [2.24, 2.45) is 0 Å². The van der Waals surface area contributed by atoms with Crippen LogP contribution in [0.2, 0.25) is 5.15 Å². The van der Waals surface area contributed by atoms with E-state index in [4.69, 9.17) is 11.6 Å². The molecular weight excluding hydrogens is 226 g/mol. The van der Waals surface area contributed by atoms with E-state index in [1.54, 1.807) is 6.07 Å². The van der Waals surface area contributed by atoms with Gasteiger partial charge >= 0.3 is 0 Å². The van der Waals surface area contributed by atoms with Crippen molar-refractivity contribution in [2.45, 2.75) is 31.7 Å². The van der Waals surface area contributed by atoms with Gasteiger partial charge in [-0.3, -0.25) is 4.79 Å². The minimum atomic E-state index is 0.367. The van der Waals surface area contributed by atoms with Crippen LogP contribution >= 0.6 is 11.6 Å². The van der Waals surface area contributed by atoms with Gasteiger partial charge in [-0.05, 0) is 25.0 Å². The van der Waals surface area contributed by atoms with E-state index < -0.39 is 0 Å². The van der Waals surface area contributed by atoms with E-state index in [9.17, 15) is 4.79 Å². The third kappa shape index (κ3) is 2.50. The third-order valence-electron chi connectivity index (χ3n) is 3.04. The van der Waals surface area contributed by atoms with Crippen LogP contribution in [-0.4, -0.2) is 29.1 Å². The van der Waals surface area contributed by atoms with Gasteiger partial charge in [0.2, 0.25) is 0 Å². The Balaban J connectivity index is 2.04. The summed E-state index contributed by atoms with van der Waals surface area (Å²) in [6, 6.07) is 3.97. The quantitative estimate of drug-likeness (QED) is 0.793. The first kappa shape index (κ1) is 11.3. The maximum Gasteiger partial charge on any atom is 0.151 e. The SMILES string of the molecule is CN(c1ccc(Cl)nn1)C1CCC(=O)CC1. The largest absolute Gasteiger partial charge is 0.355 e. The summed E-state index contributed by atoms with van der Waals surface area (Å²) in [5.41, 5.74) is 0. The zero-order valence-corrected chi connectivity index (χ0v) is 9.94. The molecule has 1 fully saturated rings. The van der Waals surface area contributed by atoms with Crippen LogP contribution in [0.4, 0.5) is 5.82 Å². The van der Waals surface area contributed by atoms with Crippen molar-refractivity contribution in [3.63, 3.8) is 0 Å². The number of aromatic nitrogens is 2. The molecule has 2 rings (SSSR count). The fourth-order valence-electron chi connectivity index (χ4n) is 2.00. The molecule has 0 saturated heterocycles. The Hall–Kier alpha value is -1.16. The Kier molecular flexibility index (Phi) is 3.39. The lowest BCUT2D eigenvalue weighted by Gasteiger charge is -2.31. The van der Waals surface area contributed by atoms with E-state index in [2.05, 4.69) is 15.1 Å². The number of hydrogen-bond donors (Lipinski definition) is 0. The molecule has 0 aromatic carbocycles. The van der Waals surface area contributed by atoms with Crippen molar-refractivity contribution in [3.05, 3.63) is 17.3 Å². The lowest BCUT2D eigenvalue weighted by atomic mass is 9.93. The number of carbonyl (C=O) groups excluding carboxylic acids is 1. The Morgan fingerprint density at radius 2 is 2.00 bits per heavy atom. The highest BCUT2D eigenvalue weighted by atomic mass is 35.5. The van der Waals surface area contributed by atoms with Crippen LogP contribution < -0.4 is 4.90 Å². The van der Waals surface area contributed by atoms with Gasteiger partial charge in [-0.1, -0.05) is 11.6 Å². The van der Waals surface area contributed by atoms with Crippen LogP contribution in [-0.2, 0) is 4.79 Å². The minimum absolute atomic E-state index is 0.367. The Morgan fingerprint density at radius 1 is 1.31 bits per heavy atom. The molecule has 0 N–H and O–H groups in total. The summed E-state index contributed by atoms with van der Waals surface area (Å²) in [6.45, 7) is 0. The van der Waals surface area contributed by atoms with Crippen molar-refractivity contribution < 1.29 is 4.79 Å². The number of anilines is 1. The first-order valence-electron chi connectivity index (χ1n) is 5.40. The molecule has 1 aromatic rings. The van der Waals surface area contributed by atoms with E-state index in [0.29, 0.717) is 29.8 Å². The van der Waals surface area contributed by atoms with Crippen LogP contribution in [0.25, 0.3) is 0 Å². The van der Waals surface area contributed by atoms with E-state index in [0.717, 1.165) is 18.7 Å². The number of hydrogen-bond acceptors (Lipinski definition) is 4. The van der Waals surface area contributed by atoms with Crippen LogP contribution in [0, 0.1) is 0 Å². The van der Waals surface area contributed by atoms with Crippen LogP contribution in [0.15, 0.2) is 12.1 Å². The highest BCUT2D eigenvalue weighted by Crippen LogP contribution is 2.23. The molecule has 5 heteroatoms. The average Bonchev–Trinajstić information content (AvgIpc) is 2.30. The number of carbonyl (C=O) groups is 1. The van der Waals surface area contributed by atoms with Gasteiger partial charge in [0.25, 0.3) is 0 Å². The van der Waals surface area contributed by atoms with Gasteiger partial charge in [0.15, 0.2) is 11.0 Å². The highest BCUT2D eigenvalue weighted by molar-refractivity contribution is 6.29. The molecule has 1 saturated carbocycles. The van der Waals surface area contributed by atoms with Crippen molar-refractivity contribution in [1.29, 1.82) is 0 Å². The predicted octanol–water partition coefficient (Wildman–Crippen LogP) is 2.08. The lowest BCUT2D eigenvalue weighted by Crippen LogP contribution is -2.35. The average molecular weight is 240 g/mol. The molecule has 16 heavy (non-hydrogen) atoms. The molecule has 0 radical (unpaired) electrons. The number of nitrogens with zero attached hydrogens (tertiary/aromatic N) is 3. The fourth-order valence-corrected chi connectivity index (χ4v) is 2.10. The maximum absolute atomic E-state index is 11.1. The molecule has 0 amide bonds. The second kappa shape index (κ2) is 4.78. The van der Waals surface area contributed by atoms with Gasteiger partial charge in [0.05, 0.1) is 0 Å². The molecule has 4 nitrogen and oxygen atoms in total. The predicted molar refractivity (Wildman–Crippen MR) is 62.7 cm³/mol. The Morgan fingerprint density at radius 3 is 2.56 bits per heavy atom. The molecule has 0 aliphatic heterocycles. The monoisotopic (exact) mass is 239 g/mol. The summed E-state index contributed by atoms with van der Waals surface area (Å²) in [5, 5.41) is 8.25. The molecule has 0 spiro atoms. The number of ketones is 1. The topological polar surface area (TPSA) is 46.1 Å². The fraction of sp³-hybridized carbons (Fsp3) is 0.545. The number of halogens is 1. The van der Waals surface area contributed by atoms with E-state index in [-0.39, 0.29) is 0 Å². The highest BCUT2D eigenvalue weighted by Gasteiger charge is 2.23. The summed E-state index contributed by atoms with van der Waals surface area (Å²) in [5.74, 6) is 1.18. The van der Waals surface area contributed by atoms with Gasteiger partial charge in [-0.2, -0.15) is 0 Å². The summed E-state index contributed by atoms with van der Waals surface area (Å²) >= 11 is 5.68. The van der Waals surface area contributed by atoms with Gasteiger partial charge in [-0.15, -0.1) is 10.2 Å². The molecule has 1 aliphatic carbocycles. The molecule has 1 heterocycles. The Labute approximate surface area is 99.6 Å². The van der Waals surface area contributed by atoms with Gasteiger partial charge in [-0.25, -0.2) is 0 Å².